The van der Waals surface area contributed by atoms with E-state index in [9.17, 15) is 14.4 Å². The Morgan fingerprint density at radius 1 is 1.04 bits per heavy atom. The second kappa shape index (κ2) is 8.94. The van der Waals surface area contributed by atoms with Gasteiger partial charge in [-0.15, -0.1) is 0 Å². The molecule has 0 aliphatic carbocycles. The van der Waals surface area contributed by atoms with Crippen LogP contribution in [0.25, 0.3) is 11.0 Å². The van der Waals surface area contributed by atoms with E-state index < -0.39 is 11.9 Å². The van der Waals surface area contributed by atoms with E-state index >= 15 is 0 Å². The Morgan fingerprint density at radius 2 is 1.74 bits per heavy atom. The molecule has 9 heteroatoms. The molecule has 0 radical (unpaired) electrons. The topological polar surface area (TPSA) is 118 Å². The van der Waals surface area contributed by atoms with Crippen LogP contribution in [0, 0.1) is 0 Å². The first-order chi connectivity index (χ1) is 13.1. The van der Waals surface area contributed by atoms with Gasteiger partial charge in [-0.1, -0.05) is 12.1 Å². The van der Waals surface area contributed by atoms with E-state index in [0.29, 0.717) is 51.5 Å². The van der Waals surface area contributed by atoms with Gasteiger partial charge in [-0.25, -0.2) is 4.79 Å². The number of ether oxygens (including phenoxy) is 2. The molecule has 2 heterocycles. The second-order valence-electron chi connectivity index (χ2n) is 6.27. The van der Waals surface area contributed by atoms with Crippen LogP contribution >= 0.6 is 0 Å². The van der Waals surface area contributed by atoms with Crippen LogP contribution in [-0.4, -0.2) is 53.9 Å². The van der Waals surface area contributed by atoms with Crippen molar-refractivity contribution in [1.82, 2.24) is 14.5 Å². The monoisotopic (exact) mass is 376 g/mol. The minimum Gasteiger partial charge on any atom is -0.378 e. The molecule has 1 atom stereocenters. The number of hydrogen-bond acceptors (Lipinski definition) is 6. The van der Waals surface area contributed by atoms with E-state index in [0.717, 1.165) is 5.52 Å². The lowest BCUT2D eigenvalue weighted by Gasteiger charge is -2.21. The van der Waals surface area contributed by atoms with Gasteiger partial charge in [0.25, 0.3) is 0 Å². The van der Waals surface area contributed by atoms with Crippen molar-refractivity contribution in [2.75, 3.05) is 33.0 Å². The highest BCUT2D eigenvalue weighted by Crippen LogP contribution is 2.23. The van der Waals surface area contributed by atoms with Crippen molar-refractivity contribution >= 4 is 22.8 Å². The second-order valence-corrected chi connectivity index (χ2v) is 6.27. The first-order valence-electron chi connectivity index (χ1n) is 9.02. The lowest BCUT2D eigenvalue weighted by Crippen LogP contribution is -2.44. The van der Waals surface area contributed by atoms with Gasteiger partial charge in [-0.2, -0.15) is 0 Å². The smallest absolute Gasteiger partial charge is 0.329 e. The minimum atomic E-state index is -0.688. The molecule has 3 rings (SSSR count). The van der Waals surface area contributed by atoms with E-state index in [4.69, 9.17) is 15.2 Å². The number of imide groups is 1. The fraction of sp³-hybridized carbons (Fsp3) is 0.500. The van der Waals surface area contributed by atoms with Gasteiger partial charge >= 0.3 is 5.69 Å². The van der Waals surface area contributed by atoms with Crippen LogP contribution in [0.3, 0.4) is 0 Å². The molecule has 0 bridgehead atoms. The first-order valence-corrected chi connectivity index (χ1v) is 9.02. The molecule has 3 N–H and O–H groups in total. The van der Waals surface area contributed by atoms with Crippen LogP contribution in [0.5, 0.6) is 0 Å². The Morgan fingerprint density at radius 3 is 2.44 bits per heavy atom. The van der Waals surface area contributed by atoms with Crippen LogP contribution in [0.1, 0.15) is 18.9 Å². The Labute approximate surface area is 156 Å². The molecule has 1 aliphatic rings. The van der Waals surface area contributed by atoms with E-state index in [1.807, 2.05) is 18.2 Å². The summed E-state index contributed by atoms with van der Waals surface area (Å²) in [6.45, 7) is 2.52. The summed E-state index contributed by atoms with van der Waals surface area (Å²) >= 11 is 0. The summed E-state index contributed by atoms with van der Waals surface area (Å²) in [4.78, 5) is 36.6. The molecule has 0 spiro atoms. The van der Waals surface area contributed by atoms with E-state index in [1.54, 1.807) is 10.6 Å². The summed E-state index contributed by atoms with van der Waals surface area (Å²) in [6.07, 6.45) is 0.530. The molecule has 1 aliphatic heterocycles. The zero-order chi connectivity index (χ0) is 19.2. The number of imidazole rings is 1. The van der Waals surface area contributed by atoms with Gasteiger partial charge in [-0.3, -0.25) is 24.0 Å². The van der Waals surface area contributed by atoms with Gasteiger partial charge in [0, 0.05) is 13.0 Å². The van der Waals surface area contributed by atoms with Gasteiger partial charge in [-0.05, 0) is 18.6 Å². The highest BCUT2D eigenvalue weighted by Gasteiger charge is 2.31. The molecule has 27 heavy (non-hydrogen) atoms. The number of hydrogen-bond donors (Lipinski definition) is 2. The Bertz CT molecular complexity index is 872. The average Bonchev–Trinajstić information content (AvgIpc) is 2.93. The highest BCUT2D eigenvalue weighted by molar-refractivity contribution is 6.00. The fourth-order valence-electron chi connectivity index (χ4n) is 3.24. The minimum absolute atomic E-state index is 0.217. The quantitative estimate of drug-likeness (QED) is 0.461. The molecule has 1 fully saturated rings. The van der Waals surface area contributed by atoms with Gasteiger partial charge in [0.2, 0.25) is 11.8 Å². The van der Waals surface area contributed by atoms with Crippen molar-refractivity contribution in [1.29, 1.82) is 0 Å². The molecule has 1 aromatic carbocycles. The maximum atomic E-state index is 13.0. The lowest BCUT2D eigenvalue weighted by molar-refractivity contribution is -0.135. The molecule has 9 nitrogen and oxygen atoms in total. The Hall–Kier alpha value is -2.49. The number of fused-ring (bicyclic) bond motifs is 1. The number of rotatable bonds is 9. The number of carbonyl (C=O) groups excluding carboxylic acids is 2. The average molecular weight is 376 g/mol. The van der Waals surface area contributed by atoms with Crippen molar-refractivity contribution in [2.24, 2.45) is 5.73 Å². The van der Waals surface area contributed by atoms with Crippen LogP contribution in [0.4, 0.5) is 0 Å². The third-order valence-corrected chi connectivity index (χ3v) is 4.48. The van der Waals surface area contributed by atoms with Gasteiger partial charge in [0.15, 0.2) is 0 Å². The maximum Gasteiger partial charge on any atom is 0.329 e. The molecule has 1 saturated heterocycles. The van der Waals surface area contributed by atoms with E-state index in [-0.39, 0.29) is 18.0 Å². The summed E-state index contributed by atoms with van der Waals surface area (Å²) in [7, 11) is 0. The van der Waals surface area contributed by atoms with Crippen molar-refractivity contribution in [3.8, 4) is 0 Å². The SMILES string of the molecule is NCCOCCOCCn1c(=O)n(C2CCC(=O)NC2=O)c2ccccc21. The predicted octanol–water partition coefficient (Wildman–Crippen LogP) is -0.227. The number of benzene rings is 1. The molecule has 2 aromatic rings. The molecule has 1 unspecified atom stereocenters. The Balaban J connectivity index is 1.76. The number of nitrogens with one attached hydrogen (secondary N) is 1. The number of piperidine rings is 1. The standard InChI is InChI=1S/C18H24N4O5/c19-7-9-26-11-12-27-10-8-21-13-3-1-2-4-14(13)22(18(21)25)15-5-6-16(23)20-17(15)24/h1-4,15H,5-12,19H2,(H,20,23,24). The summed E-state index contributed by atoms with van der Waals surface area (Å²) in [5.41, 5.74) is 6.46. The molecule has 146 valence electrons. The molecular formula is C18H24N4O5. The van der Waals surface area contributed by atoms with Gasteiger partial charge in [0.1, 0.15) is 6.04 Å². The highest BCUT2D eigenvalue weighted by atomic mass is 16.5. The third-order valence-electron chi connectivity index (χ3n) is 4.48. The van der Waals surface area contributed by atoms with Crippen molar-refractivity contribution in [2.45, 2.75) is 25.4 Å². The van der Waals surface area contributed by atoms with E-state index in [2.05, 4.69) is 5.32 Å². The van der Waals surface area contributed by atoms with Crippen molar-refractivity contribution in [3.63, 3.8) is 0 Å². The molecule has 2 amide bonds. The van der Waals surface area contributed by atoms with Crippen molar-refractivity contribution < 1.29 is 19.1 Å². The normalized spacial score (nSPS) is 17.4. The largest absolute Gasteiger partial charge is 0.378 e. The third kappa shape index (κ3) is 4.26. The lowest BCUT2D eigenvalue weighted by atomic mass is 10.1. The molecule has 0 saturated carbocycles. The molecular weight excluding hydrogens is 352 g/mol. The van der Waals surface area contributed by atoms with Crippen LogP contribution < -0.4 is 16.7 Å². The summed E-state index contributed by atoms with van der Waals surface area (Å²) < 4.78 is 13.8. The summed E-state index contributed by atoms with van der Waals surface area (Å²) in [5, 5.41) is 2.31. The predicted molar refractivity (Wildman–Crippen MR) is 98.3 cm³/mol. The van der Waals surface area contributed by atoms with Gasteiger partial charge in [0.05, 0.1) is 44.0 Å². The maximum absolute atomic E-state index is 13.0. The molecule has 1 aromatic heterocycles. The number of nitrogens with zero attached hydrogens (tertiary/aromatic N) is 2. The van der Waals surface area contributed by atoms with Crippen LogP contribution in [0.2, 0.25) is 0 Å². The van der Waals surface area contributed by atoms with Gasteiger partial charge < -0.3 is 15.2 Å². The number of nitrogens with two attached hydrogens (primary N) is 1. The van der Waals surface area contributed by atoms with Crippen LogP contribution in [0.15, 0.2) is 29.1 Å². The first kappa shape index (κ1) is 19.3. The summed E-state index contributed by atoms with van der Waals surface area (Å²) in [5.74, 6) is -0.747. The fourth-order valence-corrected chi connectivity index (χ4v) is 3.24. The number of amides is 2. The van der Waals surface area contributed by atoms with Crippen molar-refractivity contribution in [3.05, 3.63) is 34.7 Å². The Kier molecular flexibility index (Phi) is 6.38. The number of carbonyl (C=O) groups is 2. The summed E-state index contributed by atoms with van der Waals surface area (Å²) in [6, 6.07) is 6.61. The zero-order valence-electron chi connectivity index (χ0n) is 15.1. The zero-order valence-corrected chi connectivity index (χ0v) is 15.1. The van der Waals surface area contributed by atoms with E-state index in [1.165, 1.54) is 4.57 Å². The van der Waals surface area contributed by atoms with Crippen LogP contribution in [-0.2, 0) is 25.6 Å². The number of para-hydroxylation sites is 2. The number of aromatic nitrogens is 2.